The molecule has 1 aliphatic rings. The Balaban J connectivity index is 2.17. The van der Waals surface area contributed by atoms with Crippen LogP contribution in [0.5, 0.6) is 0 Å². The van der Waals surface area contributed by atoms with Gasteiger partial charge in [0.25, 0.3) is 0 Å². The summed E-state index contributed by atoms with van der Waals surface area (Å²) in [5.74, 6) is -2.50. The highest BCUT2D eigenvalue weighted by atomic mass is 32.2. The molecule has 1 aromatic carbocycles. The highest BCUT2D eigenvalue weighted by Crippen LogP contribution is 2.24. The molecule has 0 spiro atoms. The van der Waals surface area contributed by atoms with Gasteiger partial charge in [0.15, 0.2) is 9.84 Å². The Morgan fingerprint density at radius 1 is 1.19 bits per heavy atom. The van der Waals surface area contributed by atoms with E-state index in [0.29, 0.717) is 26.3 Å². The molecule has 2 rings (SSSR count). The maximum Gasteiger partial charge on any atom is 0.243 e. The second-order valence-electron chi connectivity index (χ2n) is 6.99. The van der Waals surface area contributed by atoms with Gasteiger partial charge in [0.1, 0.15) is 4.75 Å². The second kappa shape index (κ2) is 8.18. The van der Waals surface area contributed by atoms with E-state index < -0.39 is 38.1 Å². The molecular weight excluding hydrogens is 356 g/mol. The van der Waals surface area contributed by atoms with Gasteiger partial charge in [0, 0.05) is 13.1 Å². The molecule has 1 unspecified atom stereocenters. The van der Waals surface area contributed by atoms with E-state index in [9.17, 15) is 18.0 Å². The third-order valence-electron chi connectivity index (χ3n) is 4.74. The molecule has 0 aromatic heterocycles. The Bertz CT molecular complexity index is 740. The maximum absolute atomic E-state index is 13.0. The van der Waals surface area contributed by atoms with E-state index in [1.54, 1.807) is 0 Å². The van der Waals surface area contributed by atoms with E-state index in [0.717, 1.165) is 5.56 Å². The lowest BCUT2D eigenvalue weighted by atomic mass is 10.0. The number of hydrogen-bond donors (Lipinski definition) is 1. The summed E-state index contributed by atoms with van der Waals surface area (Å²) in [6.07, 6.45) is 0.219. The van der Waals surface area contributed by atoms with E-state index >= 15 is 0 Å². The van der Waals surface area contributed by atoms with Crippen LogP contribution in [-0.2, 0) is 30.6 Å². The van der Waals surface area contributed by atoms with Crippen LogP contribution in [0.3, 0.4) is 0 Å². The first kappa shape index (κ1) is 20.4. The summed E-state index contributed by atoms with van der Waals surface area (Å²) < 4.78 is 29.5. The Morgan fingerprint density at radius 2 is 1.77 bits per heavy atom. The molecule has 0 saturated carbocycles. The predicted molar refractivity (Wildman–Crippen MR) is 98.1 cm³/mol. The van der Waals surface area contributed by atoms with Crippen molar-refractivity contribution in [3.63, 3.8) is 0 Å². The fourth-order valence-corrected chi connectivity index (χ4v) is 4.52. The number of carbonyl (C=O) groups is 2. The first-order chi connectivity index (χ1) is 12.1. The average Bonchev–Trinajstić information content (AvgIpc) is 2.61. The van der Waals surface area contributed by atoms with Crippen molar-refractivity contribution in [3.05, 3.63) is 35.9 Å². The molecule has 0 aliphatic carbocycles. The first-order valence-corrected chi connectivity index (χ1v) is 10.2. The molecule has 2 amide bonds. The van der Waals surface area contributed by atoms with Crippen LogP contribution in [0.2, 0.25) is 0 Å². The topological polar surface area (TPSA) is 107 Å². The fourth-order valence-electron chi connectivity index (χ4n) is 2.89. The smallest absolute Gasteiger partial charge is 0.243 e. The van der Waals surface area contributed by atoms with Crippen molar-refractivity contribution in [1.29, 1.82) is 0 Å². The number of morpholine rings is 1. The van der Waals surface area contributed by atoms with Gasteiger partial charge in [0.2, 0.25) is 11.8 Å². The Labute approximate surface area is 154 Å². The SMILES string of the molecule is CC(C)(C(=O)N1CCOCC1)S(=O)(=O)CC(Cc1ccccc1)C(N)=O. The molecule has 1 aliphatic heterocycles. The zero-order valence-corrected chi connectivity index (χ0v) is 16.0. The van der Waals surface area contributed by atoms with Gasteiger partial charge < -0.3 is 15.4 Å². The molecule has 1 atom stereocenters. The second-order valence-corrected chi connectivity index (χ2v) is 9.57. The molecule has 26 heavy (non-hydrogen) atoms. The number of primary amides is 1. The summed E-state index contributed by atoms with van der Waals surface area (Å²) in [7, 11) is -3.91. The van der Waals surface area contributed by atoms with Gasteiger partial charge in [-0.3, -0.25) is 9.59 Å². The molecule has 2 N–H and O–H groups in total. The summed E-state index contributed by atoms with van der Waals surface area (Å²) in [5.41, 5.74) is 6.26. The zero-order chi connectivity index (χ0) is 19.4. The van der Waals surface area contributed by atoms with Crippen molar-refractivity contribution in [1.82, 2.24) is 4.90 Å². The minimum atomic E-state index is -3.91. The van der Waals surface area contributed by atoms with Gasteiger partial charge in [0.05, 0.1) is 24.9 Å². The number of ether oxygens (including phenoxy) is 1. The number of amides is 2. The zero-order valence-electron chi connectivity index (χ0n) is 15.2. The maximum atomic E-state index is 13.0. The summed E-state index contributed by atoms with van der Waals surface area (Å²) in [6.45, 7) is 4.28. The number of carbonyl (C=O) groups excluding carboxylic acids is 2. The highest BCUT2D eigenvalue weighted by Gasteiger charge is 2.45. The van der Waals surface area contributed by atoms with Gasteiger partial charge in [-0.25, -0.2) is 8.42 Å². The molecule has 8 heteroatoms. The molecule has 0 bridgehead atoms. The van der Waals surface area contributed by atoms with E-state index in [4.69, 9.17) is 10.5 Å². The standard InChI is InChI=1S/C18H26N2O5S/c1-18(2,17(22)20-8-10-25-11-9-20)26(23,24)13-15(16(19)21)12-14-6-4-3-5-7-14/h3-7,15H,8-13H2,1-2H3,(H2,19,21). The van der Waals surface area contributed by atoms with Crippen LogP contribution in [0.4, 0.5) is 0 Å². The van der Waals surface area contributed by atoms with Gasteiger partial charge in [-0.1, -0.05) is 30.3 Å². The molecule has 1 fully saturated rings. The van der Waals surface area contributed by atoms with Crippen LogP contribution in [-0.4, -0.2) is 61.9 Å². The number of nitrogens with zero attached hydrogens (tertiary/aromatic N) is 1. The van der Waals surface area contributed by atoms with Gasteiger partial charge in [-0.2, -0.15) is 0 Å². The minimum absolute atomic E-state index is 0.219. The molecule has 144 valence electrons. The van der Waals surface area contributed by atoms with Crippen LogP contribution in [0, 0.1) is 5.92 Å². The van der Waals surface area contributed by atoms with Gasteiger partial charge in [-0.05, 0) is 25.8 Å². The molecule has 1 heterocycles. The predicted octanol–water partition coefficient (Wildman–Crippen LogP) is 0.383. The first-order valence-electron chi connectivity index (χ1n) is 8.58. The number of rotatable bonds is 7. The Morgan fingerprint density at radius 3 is 2.31 bits per heavy atom. The van der Waals surface area contributed by atoms with Gasteiger partial charge in [-0.15, -0.1) is 0 Å². The Kier molecular flexibility index (Phi) is 6.41. The van der Waals surface area contributed by atoms with E-state index in [1.165, 1.54) is 18.7 Å². The summed E-state index contributed by atoms with van der Waals surface area (Å²) in [6, 6.07) is 9.09. The van der Waals surface area contributed by atoms with E-state index in [2.05, 4.69) is 0 Å². The van der Waals surface area contributed by atoms with Gasteiger partial charge >= 0.3 is 0 Å². The summed E-state index contributed by atoms with van der Waals surface area (Å²) >= 11 is 0. The van der Waals surface area contributed by atoms with Crippen LogP contribution in [0.25, 0.3) is 0 Å². The number of sulfone groups is 1. The van der Waals surface area contributed by atoms with Crippen LogP contribution in [0.1, 0.15) is 19.4 Å². The van der Waals surface area contributed by atoms with Crippen LogP contribution >= 0.6 is 0 Å². The number of nitrogens with two attached hydrogens (primary N) is 1. The average molecular weight is 382 g/mol. The third-order valence-corrected chi connectivity index (χ3v) is 7.31. The van der Waals surface area contributed by atoms with E-state index in [1.807, 2.05) is 30.3 Å². The fraction of sp³-hybridized carbons (Fsp3) is 0.556. The summed E-state index contributed by atoms with van der Waals surface area (Å²) in [5, 5.41) is 0. The molecule has 1 aromatic rings. The number of hydrogen-bond acceptors (Lipinski definition) is 5. The normalized spacial score (nSPS) is 16.9. The van der Waals surface area contributed by atoms with Crippen molar-refractivity contribution in [2.45, 2.75) is 25.0 Å². The lowest BCUT2D eigenvalue weighted by Crippen LogP contribution is -2.54. The largest absolute Gasteiger partial charge is 0.378 e. The third kappa shape index (κ3) is 4.62. The summed E-state index contributed by atoms with van der Waals surface area (Å²) in [4.78, 5) is 26.1. The monoisotopic (exact) mass is 382 g/mol. The Hall–Kier alpha value is -1.93. The lowest BCUT2D eigenvalue weighted by molar-refractivity contribution is -0.137. The molecule has 0 radical (unpaired) electrons. The highest BCUT2D eigenvalue weighted by molar-refractivity contribution is 7.93. The molecule has 1 saturated heterocycles. The lowest BCUT2D eigenvalue weighted by Gasteiger charge is -2.34. The van der Waals surface area contributed by atoms with Crippen LogP contribution < -0.4 is 5.73 Å². The number of benzene rings is 1. The quantitative estimate of drug-likeness (QED) is 0.734. The van der Waals surface area contributed by atoms with Crippen molar-refractivity contribution in [2.24, 2.45) is 11.7 Å². The van der Waals surface area contributed by atoms with Crippen molar-refractivity contribution in [2.75, 3.05) is 32.1 Å². The van der Waals surface area contributed by atoms with Crippen molar-refractivity contribution >= 4 is 21.7 Å². The molecule has 7 nitrogen and oxygen atoms in total. The van der Waals surface area contributed by atoms with Crippen LogP contribution in [0.15, 0.2) is 30.3 Å². The van der Waals surface area contributed by atoms with Crippen molar-refractivity contribution < 1.29 is 22.7 Å². The molecular formula is C18H26N2O5S. The van der Waals surface area contributed by atoms with E-state index in [-0.39, 0.29) is 6.42 Å². The minimum Gasteiger partial charge on any atom is -0.378 e. The van der Waals surface area contributed by atoms with Crippen molar-refractivity contribution in [3.8, 4) is 0 Å².